The lowest BCUT2D eigenvalue weighted by Gasteiger charge is -2.08. The summed E-state index contributed by atoms with van der Waals surface area (Å²) in [6.45, 7) is 4.19. The van der Waals surface area contributed by atoms with Crippen molar-refractivity contribution in [2.75, 3.05) is 18.0 Å². The first-order valence-corrected chi connectivity index (χ1v) is 7.49. The molecule has 1 aliphatic heterocycles. The average Bonchev–Trinajstić information content (AvgIpc) is 2.97. The van der Waals surface area contributed by atoms with Crippen LogP contribution in [0.3, 0.4) is 0 Å². The lowest BCUT2D eigenvalue weighted by atomic mass is 10.4. The number of nitrogens with zero attached hydrogens (tertiary/aromatic N) is 4. The minimum Gasteiger partial charge on any atom is -0.458 e. The third-order valence-electron chi connectivity index (χ3n) is 3.14. The van der Waals surface area contributed by atoms with E-state index in [-0.39, 0.29) is 0 Å². The van der Waals surface area contributed by atoms with Gasteiger partial charge in [0.05, 0.1) is 10.8 Å². The summed E-state index contributed by atoms with van der Waals surface area (Å²) in [5.74, 6) is 4.14. The first-order chi connectivity index (χ1) is 10.2. The Hall–Kier alpha value is -2.06. The van der Waals surface area contributed by atoms with E-state index in [0.29, 0.717) is 30.1 Å². The molecule has 0 fully saturated rings. The Labute approximate surface area is 124 Å². The van der Waals surface area contributed by atoms with Crippen molar-refractivity contribution in [3.05, 3.63) is 23.7 Å². The molecule has 3 aromatic heterocycles. The number of aryl methyl sites for hydroxylation is 2. The van der Waals surface area contributed by atoms with E-state index in [9.17, 15) is 0 Å². The van der Waals surface area contributed by atoms with Crippen LogP contribution in [0.15, 0.2) is 21.4 Å². The summed E-state index contributed by atoms with van der Waals surface area (Å²) >= 11 is 1.56. The Kier molecular flexibility index (Phi) is 2.86. The van der Waals surface area contributed by atoms with Gasteiger partial charge in [-0.15, -0.1) is 5.10 Å². The molecule has 0 aliphatic carbocycles. The van der Waals surface area contributed by atoms with E-state index >= 15 is 0 Å². The van der Waals surface area contributed by atoms with Crippen molar-refractivity contribution in [2.45, 2.75) is 18.7 Å². The highest BCUT2D eigenvalue weighted by Crippen LogP contribution is 2.34. The monoisotopic (exact) mass is 303 g/mol. The van der Waals surface area contributed by atoms with Crippen LogP contribution in [0.2, 0.25) is 0 Å². The van der Waals surface area contributed by atoms with Crippen LogP contribution < -0.4 is 5.32 Å². The number of aromatic nitrogens is 4. The summed E-state index contributed by atoms with van der Waals surface area (Å²) in [6.07, 6.45) is 0. The molecule has 1 N–H and O–H groups in total. The highest BCUT2D eigenvalue weighted by atomic mass is 32.2. The van der Waals surface area contributed by atoms with E-state index in [0.717, 1.165) is 22.1 Å². The van der Waals surface area contributed by atoms with E-state index in [1.165, 1.54) is 0 Å². The topological polar surface area (TPSA) is 77.5 Å². The van der Waals surface area contributed by atoms with Gasteiger partial charge < -0.3 is 14.5 Å². The predicted molar refractivity (Wildman–Crippen MR) is 78.3 cm³/mol. The number of ether oxygens (including phenoxy) is 1. The molecule has 0 radical (unpaired) electrons. The zero-order valence-electron chi connectivity index (χ0n) is 11.6. The Morgan fingerprint density at radius 3 is 3.00 bits per heavy atom. The molecule has 3 aromatic rings. The highest BCUT2D eigenvalue weighted by Gasteiger charge is 2.21. The fourth-order valence-corrected chi connectivity index (χ4v) is 3.05. The molecule has 0 saturated carbocycles. The van der Waals surface area contributed by atoms with Gasteiger partial charge in [0, 0.05) is 0 Å². The lowest BCUT2D eigenvalue weighted by molar-refractivity contribution is 0.206. The largest absolute Gasteiger partial charge is 0.458 e. The minimum absolute atomic E-state index is 0.424. The second-order valence-corrected chi connectivity index (χ2v) is 5.64. The fraction of sp³-hybridized carbons (Fsp3) is 0.308. The lowest BCUT2D eigenvalue weighted by Crippen LogP contribution is -2.07. The van der Waals surface area contributed by atoms with Crippen molar-refractivity contribution < 1.29 is 9.15 Å². The van der Waals surface area contributed by atoms with Crippen LogP contribution in [-0.2, 0) is 4.74 Å². The highest BCUT2D eigenvalue weighted by molar-refractivity contribution is 7.99. The van der Waals surface area contributed by atoms with Gasteiger partial charge in [0.25, 0.3) is 0 Å². The summed E-state index contributed by atoms with van der Waals surface area (Å²) in [7, 11) is 0. The number of anilines is 1. The van der Waals surface area contributed by atoms with Gasteiger partial charge in [-0.05, 0) is 26.0 Å². The summed E-state index contributed by atoms with van der Waals surface area (Å²) in [5, 5.41) is 7.61. The van der Waals surface area contributed by atoms with E-state index in [4.69, 9.17) is 9.15 Å². The maximum atomic E-state index is 5.69. The molecule has 0 unspecified atom stereocenters. The molecule has 4 rings (SSSR count). The van der Waals surface area contributed by atoms with Gasteiger partial charge in [-0.1, -0.05) is 11.8 Å². The summed E-state index contributed by atoms with van der Waals surface area (Å²) in [6, 6.07) is 3.80. The molecule has 7 nitrogen and oxygen atoms in total. The van der Waals surface area contributed by atoms with Crippen molar-refractivity contribution in [3.63, 3.8) is 0 Å². The molecule has 0 bridgehead atoms. The molecule has 0 amide bonds. The van der Waals surface area contributed by atoms with E-state index in [1.54, 1.807) is 16.3 Å². The van der Waals surface area contributed by atoms with Crippen LogP contribution in [-0.4, -0.2) is 32.3 Å². The SMILES string of the molecule is Cc1nc2c3c(nc(-c4ccc(C)o4)n2n1)NCOCS3. The summed E-state index contributed by atoms with van der Waals surface area (Å²) in [5.41, 5.74) is 0.768. The van der Waals surface area contributed by atoms with Crippen molar-refractivity contribution in [2.24, 2.45) is 0 Å². The average molecular weight is 303 g/mol. The van der Waals surface area contributed by atoms with Crippen LogP contribution in [0.4, 0.5) is 5.82 Å². The predicted octanol–water partition coefficient (Wildman–Crippen LogP) is 2.45. The Balaban J connectivity index is 2.02. The van der Waals surface area contributed by atoms with Crippen molar-refractivity contribution in [3.8, 4) is 11.6 Å². The number of hydrogen-bond acceptors (Lipinski definition) is 7. The molecule has 21 heavy (non-hydrogen) atoms. The number of furan rings is 1. The van der Waals surface area contributed by atoms with Crippen molar-refractivity contribution in [1.82, 2.24) is 19.6 Å². The van der Waals surface area contributed by atoms with Crippen molar-refractivity contribution >= 4 is 23.2 Å². The Bertz CT molecular complexity index is 825. The van der Waals surface area contributed by atoms with Crippen molar-refractivity contribution in [1.29, 1.82) is 0 Å². The number of hydrogen-bond donors (Lipinski definition) is 1. The number of fused-ring (bicyclic) bond motifs is 3. The third-order valence-corrected chi connectivity index (χ3v) is 4.09. The zero-order valence-corrected chi connectivity index (χ0v) is 12.4. The van der Waals surface area contributed by atoms with E-state index < -0.39 is 0 Å². The third kappa shape index (κ3) is 2.07. The molecule has 108 valence electrons. The molecular formula is C13H13N5O2S. The normalized spacial score (nSPS) is 14.8. The molecule has 0 spiro atoms. The first-order valence-electron chi connectivity index (χ1n) is 6.51. The van der Waals surface area contributed by atoms with Gasteiger partial charge in [-0.2, -0.15) is 4.52 Å². The van der Waals surface area contributed by atoms with Gasteiger partial charge in [-0.25, -0.2) is 9.97 Å². The van der Waals surface area contributed by atoms with Gasteiger partial charge in [0.1, 0.15) is 24.1 Å². The second-order valence-electron chi connectivity index (χ2n) is 4.71. The van der Waals surface area contributed by atoms with E-state index in [2.05, 4.69) is 20.4 Å². The first kappa shape index (κ1) is 12.7. The van der Waals surface area contributed by atoms with Crippen LogP contribution in [0.1, 0.15) is 11.6 Å². The maximum Gasteiger partial charge on any atom is 0.201 e. The summed E-state index contributed by atoms with van der Waals surface area (Å²) < 4.78 is 12.8. The fourth-order valence-electron chi connectivity index (χ4n) is 2.25. The molecule has 4 heterocycles. The maximum absolute atomic E-state index is 5.69. The minimum atomic E-state index is 0.424. The zero-order chi connectivity index (χ0) is 14.4. The number of nitrogens with one attached hydrogen (secondary N) is 1. The van der Waals surface area contributed by atoms with Crippen LogP contribution in [0, 0.1) is 13.8 Å². The van der Waals surface area contributed by atoms with Gasteiger partial charge in [0.15, 0.2) is 11.4 Å². The standard InChI is InChI=1S/C13H13N5O2S/c1-7-3-4-9(20-7)12-16-11-10(21-6-19-5-14-11)13-15-8(2)17-18(12)13/h3-4,14H,5-6H2,1-2H3. The summed E-state index contributed by atoms with van der Waals surface area (Å²) in [4.78, 5) is 10.1. The second kappa shape index (κ2) is 4.74. The van der Waals surface area contributed by atoms with Crippen LogP contribution >= 0.6 is 11.8 Å². The molecular weight excluding hydrogens is 290 g/mol. The Morgan fingerprint density at radius 1 is 1.29 bits per heavy atom. The molecule has 0 atom stereocenters. The smallest absolute Gasteiger partial charge is 0.201 e. The molecule has 0 saturated heterocycles. The molecule has 0 aromatic carbocycles. The Morgan fingerprint density at radius 2 is 2.19 bits per heavy atom. The van der Waals surface area contributed by atoms with Gasteiger partial charge in [-0.3, -0.25) is 0 Å². The molecule has 1 aliphatic rings. The van der Waals surface area contributed by atoms with Gasteiger partial charge >= 0.3 is 0 Å². The van der Waals surface area contributed by atoms with E-state index in [1.807, 2.05) is 26.0 Å². The quantitative estimate of drug-likeness (QED) is 0.739. The van der Waals surface area contributed by atoms with Crippen LogP contribution in [0.25, 0.3) is 17.2 Å². The van der Waals surface area contributed by atoms with Crippen LogP contribution in [0.5, 0.6) is 0 Å². The molecule has 8 heteroatoms. The number of thioether (sulfide) groups is 1. The van der Waals surface area contributed by atoms with Gasteiger partial charge in [0.2, 0.25) is 5.82 Å². The number of rotatable bonds is 1.